The third kappa shape index (κ3) is 3.34. The van der Waals surface area contributed by atoms with E-state index < -0.39 is 0 Å². The molecule has 2 aliphatic heterocycles. The molecular weight excluding hydrogens is 390 g/mol. The molecule has 158 valence electrons. The molecule has 0 radical (unpaired) electrons. The van der Waals surface area contributed by atoms with Crippen LogP contribution in [0.4, 0.5) is 17.1 Å². The highest BCUT2D eigenvalue weighted by Gasteiger charge is 2.34. The number of nitrogens with one attached hydrogen (secondary N) is 1. The molecule has 0 aromatic heterocycles. The van der Waals surface area contributed by atoms with E-state index in [1.165, 1.54) is 5.69 Å². The molecule has 2 aliphatic rings. The van der Waals surface area contributed by atoms with E-state index in [9.17, 15) is 4.79 Å². The standard InChI is InChI=1S/C25H25N3O3/c1-3-27(4-2)18-11-9-17(10-12-18)24-26-21-8-6-5-7-20(21)25(29)28(24)19-13-14-22-23(15-19)31-16-30-22/h5-15,24,26H,3-4,16H2,1-2H3/t24-/m1/s1. The Balaban J connectivity index is 1.57. The molecule has 1 N–H and O–H groups in total. The zero-order valence-corrected chi connectivity index (χ0v) is 17.7. The molecule has 1 amide bonds. The van der Waals surface area contributed by atoms with Crippen LogP contribution >= 0.6 is 0 Å². The van der Waals surface area contributed by atoms with Crippen molar-refractivity contribution in [3.8, 4) is 11.5 Å². The third-order valence-corrected chi connectivity index (χ3v) is 5.90. The van der Waals surface area contributed by atoms with Gasteiger partial charge in [0.25, 0.3) is 5.91 Å². The Morgan fingerprint density at radius 3 is 2.48 bits per heavy atom. The van der Waals surface area contributed by atoms with Crippen molar-refractivity contribution in [2.45, 2.75) is 20.0 Å². The van der Waals surface area contributed by atoms with Gasteiger partial charge in [0.15, 0.2) is 11.5 Å². The van der Waals surface area contributed by atoms with Crippen LogP contribution in [-0.4, -0.2) is 25.8 Å². The van der Waals surface area contributed by atoms with Crippen molar-refractivity contribution < 1.29 is 14.3 Å². The number of hydrogen-bond donors (Lipinski definition) is 1. The summed E-state index contributed by atoms with van der Waals surface area (Å²) < 4.78 is 11.0. The summed E-state index contributed by atoms with van der Waals surface area (Å²) in [6.45, 7) is 6.40. The average Bonchev–Trinajstić information content (AvgIpc) is 3.28. The molecule has 1 atom stereocenters. The fraction of sp³-hybridized carbons (Fsp3) is 0.240. The fourth-order valence-electron chi connectivity index (χ4n) is 4.24. The summed E-state index contributed by atoms with van der Waals surface area (Å²) in [5, 5.41) is 3.56. The minimum absolute atomic E-state index is 0.0500. The number of nitrogens with zero attached hydrogens (tertiary/aromatic N) is 2. The maximum Gasteiger partial charge on any atom is 0.262 e. The summed E-state index contributed by atoms with van der Waals surface area (Å²) in [6.07, 6.45) is -0.339. The van der Waals surface area contributed by atoms with Gasteiger partial charge >= 0.3 is 0 Å². The Morgan fingerprint density at radius 2 is 1.71 bits per heavy atom. The highest BCUT2D eigenvalue weighted by Crippen LogP contribution is 2.41. The first kappa shape index (κ1) is 19.3. The molecule has 31 heavy (non-hydrogen) atoms. The van der Waals surface area contributed by atoms with Crippen LogP contribution in [-0.2, 0) is 0 Å². The van der Waals surface area contributed by atoms with E-state index >= 15 is 0 Å². The minimum Gasteiger partial charge on any atom is -0.454 e. The van der Waals surface area contributed by atoms with Gasteiger partial charge in [-0.1, -0.05) is 24.3 Å². The van der Waals surface area contributed by atoms with Gasteiger partial charge in [-0.25, -0.2) is 0 Å². The van der Waals surface area contributed by atoms with Crippen molar-refractivity contribution in [3.05, 3.63) is 77.9 Å². The van der Waals surface area contributed by atoms with Crippen molar-refractivity contribution >= 4 is 23.0 Å². The van der Waals surface area contributed by atoms with Gasteiger partial charge < -0.3 is 19.7 Å². The summed E-state index contributed by atoms with van der Waals surface area (Å²) in [4.78, 5) is 17.7. The van der Waals surface area contributed by atoms with Crippen molar-refractivity contribution in [3.63, 3.8) is 0 Å². The van der Waals surface area contributed by atoms with Gasteiger partial charge in [0.1, 0.15) is 6.17 Å². The van der Waals surface area contributed by atoms with E-state index in [1.54, 1.807) is 4.90 Å². The van der Waals surface area contributed by atoms with Crippen molar-refractivity contribution in [1.82, 2.24) is 0 Å². The Morgan fingerprint density at radius 1 is 0.968 bits per heavy atom. The highest BCUT2D eigenvalue weighted by molar-refractivity contribution is 6.12. The van der Waals surface area contributed by atoms with Crippen molar-refractivity contribution in [2.24, 2.45) is 0 Å². The maximum absolute atomic E-state index is 13.6. The zero-order valence-electron chi connectivity index (χ0n) is 17.7. The van der Waals surface area contributed by atoms with E-state index in [4.69, 9.17) is 9.47 Å². The number of anilines is 3. The van der Waals surface area contributed by atoms with E-state index in [0.29, 0.717) is 17.1 Å². The second kappa shape index (κ2) is 7.87. The summed E-state index contributed by atoms with van der Waals surface area (Å²) in [5.41, 5.74) is 4.43. The zero-order chi connectivity index (χ0) is 21.4. The van der Waals surface area contributed by atoms with Crippen molar-refractivity contribution in [2.75, 3.05) is 35.0 Å². The quantitative estimate of drug-likeness (QED) is 0.633. The minimum atomic E-state index is -0.339. The van der Waals surface area contributed by atoms with Crippen LogP contribution in [0.15, 0.2) is 66.7 Å². The first-order valence-corrected chi connectivity index (χ1v) is 10.6. The van der Waals surface area contributed by atoms with Gasteiger partial charge in [0.05, 0.1) is 11.3 Å². The Labute approximate surface area is 182 Å². The molecule has 6 nitrogen and oxygen atoms in total. The molecule has 0 spiro atoms. The van der Waals surface area contributed by atoms with E-state index in [0.717, 1.165) is 30.0 Å². The average molecular weight is 415 g/mol. The fourth-order valence-corrected chi connectivity index (χ4v) is 4.24. The van der Waals surface area contributed by atoms with E-state index in [1.807, 2.05) is 42.5 Å². The Hall–Kier alpha value is -3.67. The molecule has 0 fully saturated rings. The molecule has 2 heterocycles. The lowest BCUT2D eigenvalue weighted by molar-refractivity contribution is 0.0975. The third-order valence-electron chi connectivity index (χ3n) is 5.90. The monoisotopic (exact) mass is 415 g/mol. The van der Waals surface area contributed by atoms with Gasteiger partial charge in [0.2, 0.25) is 6.79 Å². The smallest absolute Gasteiger partial charge is 0.262 e. The molecule has 6 heteroatoms. The van der Waals surface area contributed by atoms with Crippen LogP contribution in [0.5, 0.6) is 11.5 Å². The maximum atomic E-state index is 13.6. The number of ether oxygens (including phenoxy) is 2. The number of carbonyl (C=O) groups is 1. The summed E-state index contributed by atoms with van der Waals surface area (Å²) >= 11 is 0. The predicted molar refractivity (Wildman–Crippen MR) is 122 cm³/mol. The summed E-state index contributed by atoms with van der Waals surface area (Å²) in [5.74, 6) is 1.30. The highest BCUT2D eigenvalue weighted by atomic mass is 16.7. The molecule has 0 bridgehead atoms. The largest absolute Gasteiger partial charge is 0.454 e. The van der Waals surface area contributed by atoms with Crippen LogP contribution in [0, 0.1) is 0 Å². The second-order valence-corrected chi connectivity index (χ2v) is 7.57. The number of amides is 1. The second-order valence-electron chi connectivity index (χ2n) is 7.57. The SMILES string of the molecule is CCN(CC)c1ccc([C@@H]2Nc3ccccc3C(=O)N2c2ccc3c(c2)OCO3)cc1. The van der Waals surface area contributed by atoms with Gasteiger partial charge in [-0.2, -0.15) is 0 Å². The lowest BCUT2D eigenvalue weighted by Crippen LogP contribution is -2.43. The van der Waals surface area contributed by atoms with Crippen LogP contribution in [0.2, 0.25) is 0 Å². The molecule has 0 unspecified atom stereocenters. The summed E-state index contributed by atoms with van der Waals surface area (Å²) in [7, 11) is 0. The van der Waals surface area contributed by atoms with Gasteiger partial charge in [-0.05, 0) is 55.8 Å². The number of para-hydroxylation sites is 1. The first-order chi connectivity index (χ1) is 15.2. The molecule has 0 saturated heterocycles. The van der Waals surface area contributed by atoms with Gasteiger partial charge in [0, 0.05) is 30.5 Å². The molecule has 0 saturated carbocycles. The number of carbonyl (C=O) groups excluding carboxylic acids is 1. The lowest BCUT2D eigenvalue weighted by Gasteiger charge is -2.38. The summed E-state index contributed by atoms with van der Waals surface area (Å²) in [6, 6.07) is 21.7. The van der Waals surface area contributed by atoms with Gasteiger partial charge in [-0.3, -0.25) is 9.69 Å². The first-order valence-electron chi connectivity index (χ1n) is 10.6. The van der Waals surface area contributed by atoms with E-state index in [-0.39, 0.29) is 18.9 Å². The van der Waals surface area contributed by atoms with Crippen LogP contribution in [0.3, 0.4) is 0 Å². The number of fused-ring (bicyclic) bond motifs is 2. The molecule has 3 aromatic carbocycles. The Bertz CT molecular complexity index is 1110. The predicted octanol–water partition coefficient (Wildman–Crippen LogP) is 5.03. The number of rotatable bonds is 5. The van der Waals surface area contributed by atoms with Crippen LogP contribution in [0.25, 0.3) is 0 Å². The molecule has 5 rings (SSSR count). The Kier molecular flexibility index (Phi) is 4.90. The van der Waals surface area contributed by atoms with Crippen LogP contribution in [0.1, 0.15) is 35.9 Å². The van der Waals surface area contributed by atoms with Crippen molar-refractivity contribution in [1.29, 1.82) is 0 Å². The molecule has 3 aromatic rings. The van der Waals surface area contributed by atoms with Crippen LogP contribution < -0.4 is 24.6 Å². The molecular formula is C25H25N3O3. The topological polar surface area (TPSA) is 54.0 Å². The lowest BCUT2D eigenvalue weighted by atomic mass is 10.0. The molecule has 0 aliphatic carbocycles. The van der Waals surface area contributed by atoms with E-state index in [2.05, 4.69) is 48.3 Å². The normalized spacial score (nSPS) is 16.6. The number of benzene rings is 3. The number of hydrogen-bond acceptors (Lipinski definition) is 5. The van der Waals surface area contributed by atoms with Gasteiger partial charge in [-0.15, -0.1) is 0 Å².